The first kappa shape index (κ1) is 23.4. The van der Waals surface area contributed by atoms with Gasteiger partial charge in [-0.3, -0.25) is 9.59 Å². The van der Waals surface area contributed by atoms with Gasteiger partial charge in [0.1, 0.15) is 5.37 Å². The van der Waals surface area contributed by atoms with E-state index in [4.69, 9.17) is 4.74 Å². The lowest BCUT2D eigenvalue weighted by molar-refractivity contribution is -0.128. The summed E-state index contributed by atoms with van der Waals surface area (Å²) in [5.74, 6) is 0.613. The molecule has 0 saturated carbocycles. The Balaban J connectivity index is 1.39. The van der Waals surface area contributed by atoms with Crippen LogP contribution < -0.4 is 10.2 Å². The molecule has 0 radical (unpaired) electrons. The number of carbonyl (C=O) groups is 2. The third-order valence-electron chi connectivity index (χ3n) is 5.29. The zero-order chi connectivity index (χ0) is 23.9. The minimum Gasteiger partial charge on any atom is -0.504 e. The standard InChI is InChI=1S/C26H25N3O4S/c1-2-33-23-14-19(8-13-22(23)30)15-27-28-25(32)20-9-11-21(12-10-20)26-29(24(31)17-34-26)16-18-6-4-3-5-7-18/h3-15,26,30H,2,16-17H2,1H3,(H,28,32)/b27-15-/t26-/m0/s1. The van der Waals surface area contributed by atoms with Crippen LogP contribution >= 0.6 is 11.8 Å². The molecule has 1 atom stereocenters. The van der Waals surface area contributed by atoms with E-state index in [1.54, 1.807) is 36.0 Å². The summed E-state index contributed by atoms with van der Waals surface area (Å²) in [7, 11) is 0. The Hall–Kier alpha value is -3.78. The summed E-state index contributed by atoms with van der Waals surface area (Å²) < 4.78 is 5.35. The van der Waals surface area contributed by atoms with Gasteiger partial charge in [0.25, 0.3) is 5.91 Å². The molecule has 3 aromatic carbocycles. The zero-order valence-corrected chi connectivity index (χ0v) is 19.5. The maximum atomic E-state index is 12.5. The van der Waals surface area contributed by atoms with E-state index in [-0.39, 0.29) is 22.9 Å². The normalized spacial score (nSPS) is 15.6. The van der Waals surface area contributed by atoms with E-state index in [0.717, 1.165) is 11.1 Å². The fraction of sp³-hybridized carbons (Fsp3) is 0.192. The van der Waals surface area contributed by atoms with Gasteiger partial charge in [-0.2, -0.15) is 5.10 Å². The number of phenolic OH excluding ortho intramolecular Hbond substituents is 1. The lowest BCUT2D eigenvalue weighted by atomic mass is 10.1. The van der Waals surface area contributed by atoms with Gasteiger partial charge in [0, 0.05) is 12.1 Å². The van der Waals surface area contributed by atoms with Gasteiger partial charge >= 0.3 is 0 Å². The van der Waals surface area contributed by atoms with Gasteiger partial charge in [0.05, 0.1) is 18.6 Å². The first-order valence-corrected chi connectivity index (χ1v) is 11.9. The molecular weight excluding hydrogens is 450 g/mol. The van der Waals surface area contributed by atoms with Gasteiger partial charge < -0.3 is 14.7 Å². The highest BCUT2D eigenvalue weighted by atomic mass is 32.2. The van der Waals surface area contributed by atoms with Crippen LogP contribution in [0.3, 0.4) is 0 Å². The molecule has 0 aliphatic carbocycles. The molecule has 2 N–H and O–H groups in total. The maximum absolute atomic E-state index is 12.5. The smallest absolute Gasteiger partial charge is 0.271 e. The van der Waals surface area contributed by atoms with Gasteiger partial charge in [-0.25, -0.2) is 5.43 Å². The SMILES string of the molecule is CCOc1cc(/C=N\NC(=O)c2ccc([C@@H]3SCC(=O)N3Cc3ccccc3)cc2)ccc1O. The van der Waals surface area contributed by atoms with Crippen molar-refractivity contribution in [1.82, 2.24) is 10.3 Å². The average Bonchev–Trinajstić information content (AvgIpc) is 3.22. The van der Waals surface area contributed by atoms with Crippen LogP contribution in [0.25, 0.3) is 0 Å². The second kappa shape index (κ2) is 10.9. The molecule has 1 saturated heterocycles. The number of benzene rings is 3. The molecule has 8 heteroatoms. The number of nitrogens with one attached hydrogen (secondary N) is 1. The van der Waals surface area contributed by atoms with Crippen LogP contribution in [0.15, 0.2) is 77.9 Å². The number of carbonyl (C=O) groups excluding carboxylic acids is 2. The summed E-state index contributed by atoms with van der Waals surface area (Å²) in [5.41, 5.74) is 5.71. The molecule has 1 fully saturated rings. The number of hydrogen-bond donors (Lipinski definition) is 2. The Bertz CT molecular complexity index is 1180. The molecule has 1 heterocycles. The van der Waals surface area contributed by atoms with E-state index >= 15 is 0 Å². The summed E-state index contributed by atoms with van der Waals surface area (Å²) in [6.45, 7) is 2.81. The van der Waals surface area contributed by atoms with Crippen molar-refractivity contribution in [2.24, 2.45) is 5.10 Å². The molecule has 1 aliphatic heterocycles. The van der Waals surface area contributed by atoms with Gasteiger partial charge in [-0.05, 0) is 53.9 Å². The van der Waals surface area contributed by atoms with Gasteiger partial charge in [-0.1, -0.05) is 42.5 Å². The molecule has 34 heavy (non-hydrogen) atoms. The molecule has 0 unspecified atom stereocenters. The largest absolute Gasteiger partial charge is 0.504 e. The number of rotatable bonds is 8. The number of hydrogen-bond acceptors (Lipinski definition) is 6. The fourth-order valence-corrected chi connectivity index (χ4v) is 4.78. The van der Waals surface area contributed by atoms with Crippen LogP contribution in [0.4, 0.5) is 0 Å². The Morgan fingerprint density at radius 1 is 1.18 bits per heavy atom. The van der Waals surface area contributed by atoms with Crippen LogP contribution in [0.2, 0.25) is 0 Å². The number of amides is 2. The molecule has 3 aromatic rings. The van der Waals surface area contributed by atoms with E-state index in [1.807, 2.05) is 54.3 Å². The first-order valence-electron chi connectivity index (χ1n) is 10.9. The third kappa shape index (κ3) is 5.58. The summed E-state index contributed by atoms with van der Waals surface area (Å²) in [5, 5.41) is 13.7. The molecule has 2 amide bonds. The van der Waals surface area contributed by atoms with Crippen LogP contribution in [0.5, 0.6) is 11.5 Å². The zero-order valence-electron chi connectivity index (χ0n) is 18.7. The minimum atomic E-state index is -0.345. The average molecular weight is 476 g/mol. The topological polar surface area (TPSA) is 91.2 Å². The second-order valence-electron chi connectivity index (χ2n) is 7.65. The molecule has 174 valence electrons. The van der Waals surface area contributed by atoms with Crippen molar-refractivity contribution in [2.45, 2.75) is 18.8 Å². The van der Waals surface area contributed by atoms with E-state index in [1.165, 1.54) is 12.3 Å². The van der Waals surface area contributed by atoms with Crippen molar-refractivity contribution < 1.29 is 19.4 Å². The fourth-order valence-electron chi connectivity index (χ4n) is 3.59. The summed E-state index contributed by atoms with van der Waals surface area (Å²) >= 11 is 1.59. The van der Waals surface area contributed by atoms with Crippen molar-refractivity contribution in [1.29, 1.82) is 0 Å². The summed E-state index contributed by atoms with van der Waals surface area (Å²) in [6, 6.07) is 22.0. The van der Waals surface area contributed by atoms with E-state index in [9.17, 15) is 14.7 Å². The Morgan fingerprint density at radius 2 is 1.94 bits per heavy atom. The van der Waals surface area contributed by atoms with Gasteiger partial charge in [0.15, 0.2) is 11.5 Å². The van der Waals surface area contributed by atoms with Crippen molar-refractivity contribution in [3.05, 3.63) is 95.1 Å². The number of aromatic hydroxyl groups is 1. The van der Waals surface area contributed by atoms with Crippen LogP contribution in [-0.2, 0) is 11.3 Å². The number of phenols is 1. The predicted octanol–water partition coefficient (Wildman–Crippen LogP) is 4.33. The summed E-state index contributed by atoms with van der Waals surface area (Å²) in [6.07, 6.45) is 1.48. The lowest BCUT2D eigenvalue weighted by Crippen LogP contribution is -2.27. The second-order valence-corrected chi connectivity index (χ2v) is 8.72. The Morgan fingerprint density at radius 3 is 2.68 bits per heavy atom. The van der Waals surface area contributed by atoms with Crippen molar-refractivity contribution in [3.63, 3.8) is 0 Å². The molecular formula is C26H25N3O4S. The third-order valence-corrected chi connectivity index (χ3v) is 6.54. The van der Waals surface area contributed by atoms with E-state index in [2.05, 4.69) is 10.5 Å². The molecule has 0 spiro atoms. The number of hydrazone groups is 1. The van der Waals surface area contributed by atoms with E-state index < -0.39 is 0 Å². The molecule has 0 bridgehead atoms. The first-order chi connectivity index (χ1) is 16.5. The number of ether oxygens (including phenoxy) is 1. The Labute approximate surface area is 202 Å². The van der Waals surface area contributed by atoms with Gasteiger partial charge in [-0.15, -0.1) is 11.8 Å². The van der Waals surface area contributed by atoms with Crippen molar-refractivity contribution in [2.75, 3.05) is 12.4 Å². The van der Waals surface area contributed by atoms with Gasteiger partial charge in [0.2, 0.25) is 5.91 Å². The highest BCUT2D eigenvalue weighted by Gasteiger charge is 2.32. The lowest BCUT2D eigenvalue weighted by Gasteiger charge is -2.24. The highest BCUT2D eigenvalue weighted by molar-refractivity contribution is 8.00. The van der Waals surface area contributed by atoms with Crippen LogP contribution in [0.1, 0.15) is 39.3 Å². The minimum absolute atomic E-state index is 0.0487. The molecule has 1 aliphatic rings. The number of nitrogens with zero attached hydrogens (tertiary/aromatic N) is 2. The van der Waals surface area contributed by atoms with Crippen LogP contribution in [-0.4, -0.2) is 40.4 Å². The Kier molecular flexibility index (Phi) is 7.49. The summed E-state index contributed by atoms with van der Waals surface area (Å²) in [4.78, 5) is 26.8. The monoisotopic (exact) mass is 475 g/mol. The highest BCUT2D eigenvalue weighted by Crippen LogP contribution is 2.39. The number of thioether (sulfide) groups is 1. The van der Waals surface area contributed by atoms with Crippen molar-refractivity contribution in [3.8, 4) is 11.5 Å². The van der Waals surface area contributed by atoms with Crippen LogP contribution in [0, 0.1) is 0 Å². The van der Waals surface area contributed by atoms with E-state index in [0.29, 0.717) is 35.8 Å². The molecule has 4 rings (SSSR count). The molecule has 7 nitrogen and oxygen atoms in total. The maximum Gasteiger partial charge on any atom is 0.271 e. The predicted molar refractivity (Wildman–Crippen MR) is 133 cm³/mol. The molecule has 0 aromatic heterocycles. The van der Waals surface area contributed by atoms with Crippen molar-refractivity contribution >= 4 is 29.8 Å². The quantitative estimate of drug-likeness (QED) is 0.374.